The lowest BCUT2D eigenvalue weighted by Gasteiger charge is -2.02. The maximum atomic E-state index is 11.1. The van der Waals surface area contributed by atoms with Crippen LogP contribution in [0.15, 0.2) is 18.2 Å². The van der Waals surface area contributed by atoms with Gasteiger partial charge in [0, 0.05) is 17.4 Å². The molecule has 3 heteroatoms. The van der Waals surface area contributed by atoms with Crippen LogP contribution in [-0.4, -0.2) is 14.7 Å². The van der Waals surface area contributed by atoms with Gasteiger partial charge in [0.25, 0.3) is 0 Å². The Morgan fingerprint density at radius 3 is 1.93 bits per heavy atom. The van der Waals surface area contributed by atoms with Gasteiger partial charge in [0.15, 0.2) is 9.84 Å². The number of sulfone groups is 1. The van der Waals surface area contributed by atoms with Crippen molar-refractivity contribution in [2.75, 3.05) is 6.26 Å². The van der Waals surface area contributed by atoms with E-state index >= 15 is 0 Å². The fourth-order valence-electron chi connectivity index (χ4n) is 1.24. The molecule has 0 spiro atoms. The van der Waals surface area contributed by atoms with Crippen molar-refractivity contribution in [2.24, 2.45) is 0 Å². The summed E-state index contributed by atoms with van der Waals surface area (Å²) in [4.78, 5) is 0. The Balaban J connectivity index is 3.22. The monoisotopic (exact) mass is 218 g/mol. The summed E-state index contributed by atoms with van der Waals surface area (Å²) in [6.45, 7) is 0. The molecule has 0 aliphatic carbocycles. The van der Waals surface area contributed by atoms with Crippen LogP contribution < -0.4 is 0 Å². The molecule has 0 amide bonds. The van der Waals surface area contributed by atoms with Crippen molar-refractivity contribution in [3.05, 3.63) is 34.9 Å². The first kappa shape index (κ1) is 11.4. The van der Waals surface area contributed by atoms with Crippen LogP contribution in [0.4, 0.5) is 0 Å². The molecule has 0 fully saturated rings. The lowest BCUT2D eigenvalue weighted by molar-refractivity contribution is 0.601. The molecule has 0 aliphatic rings. The molecule has 0 aromatic heterocycles. The summed E-state index contributed by atoms with van der Waals surface area (Å²) < 4.78 is 22.2. The van der Waals surface area contributed by atoms with Crippen molar-refractivity contribution in [1.29, 1.82) is 0 Å². The zero-order chi connectivity index (χ0) is 11.5. The summed E-state index contributed by atoms with van der Waals surface area (Å²) in [7, 11) is -3.06. The van der Waals surface area contributed by atoms with Gasteiger partial charge in [-0.25, -0.2) is 8.42 Å². The number of benzene rings is 1. The zero-order valence-corrected chi connectivity index (χ0v) is 9.14. The molecule has 1 rings (SSSR count). The van der Waals surface area contributed by atoms with Crippen molar-refractivity contribution >= 4 is 9.84 Å². The average molecular weight is 218 g/mol. The van der Waals surface area contributed by atoms with E-state index in [0.29, 0.717) is 16.7 Å². The first-order valence-corrected chi connectivity index (χ1v) is 6.25. The molecule has 2 nitrogen and oxygen atoms in total. The summed E-state index contributed by atoms with van der Waals surface area (Å²) in [5, 5.41) is 0. The fourth-order valence-corrected chi connectivity index (χ4v) is 2.02. The van der Waals surface area contributed by atoms with E-state index in [9.17, 15) is 8.42 Å². The molecule has 1 aromatic rings. The van der Waals surface area contributed by atoms with E-state index < -0.39 is 9.84 Å². The predicted octanol–water partition coefficient (Wildman–Crippen LogP) is 1.19. The smallest absolute Gasteiger partial charge is 0.151 e. The van der Waals surface area contributed by atoms with E-state index in [2.05, 4.69) is 11.8 Å². The minimum Gasteiger partial charge on any atom is -0.229 e. The molecular formula is C12H10O2S. The summed E-state index contributed by atoms with van der Waals surface area (Å²) in [6, 6.07) is 4.98. The van der Waals surface area contributed by atoms with Crippen molar-refractivity contribution in [3.8, 4) is 24.7 Å². The number of hydrogen-bond donors (Lipinski definition) is 0. The molecule has 0 unspecified atom stereocenters. The standard InChI is InChI=1S/C12H10O2S/c1-4-10-6-11(5-2)8-12(7-10)9-15(3,13)14/h1-2,6-8H,9H2,3H3. The van der Waals surface area contributed by atoms with Gasteiger partial charge in [0.1, 0.15) is 0 Å². The fraction of sp³-hybridized carbons (Fsp3) is 0.167. The maximum absolute atomic E-state index is 11.1. The summed E-state index contributed by atoms with van der Waals surface area (Å²) in [5.74, 6) is 4.83. The topological polar surface area (TPSA) is 34.1 Å². The first-order valence-electron chi connectivity index (χ1n) is 4.19. The predicted molar refractivity (Wildman–Crippen MR) is 60.9 cm³/mol. The van der Waals surface area contributed by atoms with Gasteiger partial charge in [0.05, 0.1) is 5.75 Å². The normalized spacial score (nSPS) is 10.3. The van der Waals surface area contributed by atoms with Crippen LogP contribution in [0.2, 0.25) is 0 Å². The summed E-state index contributed by atoms with van der Waals surface area (Å²) in [6.07, 6.45) is 11.6. The highest BCUT2D eigenvalue weighted by molar-refractivity contribution is 7.89. The van der Waals surface area contributed by atoms with Gasteiger partial charge < -0.3 is 0 Å². The highest BCUT2D eigenvalue weighted by atomic mass is 32.2. The average Bonchev–Trinajstić information content (AvgIpc) is 2.14. The van der Waals surface area contributed by atoms with E-state index in [-0.39, 0.29) is 5.75 Å². The van der Waals surface area contributed by atoms with Gasteiger partial charge in [-0.2, -0.15) is 0 Å². The van der Waals surface area contributed by atoms with Crippen molar-refractivity contribution in [1.82, 2.24) is 0 Å². The summed E-state index contributed by atoms with van der Waals surface area (Å²) >= 11 is 0. The van der Waals surface area contributed by atoms with Crippen LogP contribution in [0.5, 0.6) is 0 Å². The van der Waals surface area contributed by atoms with Gasteiger partial charge in [0.2, 0.25) is 0 Å². The Morgan fingerprint density at radius 2 is 1.60 bits per heavy atom. The molecule has 1 aromatic carbocycles. The number of rotatable bonds is 2. The van der Waals surface area contributed by atoms with E-state index in [0.717, 1.165) is 0 Å². The molecule has 0 radical (unpaired) electrons. The van der Waals surface area contributed by atoms with Crippen LogP contribution >= 0.6 is 0 Å². The molecule has 76 valence electrons. The van der Waals surface area contributed by atoms with Crippen LogP contribution in [0, 0.1) is 24.7 Å². The highest BCUT2D eigenvalue weighted by Crippen LogP contribution is 2.11. The third-order valence-corrected chi connectivity index (χ3v) is 2.61. The molecule has 15 heavy (non-hydrogen) atoms. The second kappa shape index (κ2) is 4.21. The number of terminal acetylenes is 2. The van der Waals surface area contributed by atoms with Gasteiger partial charge in [-0.3, -0.25) is 0 Å². The Kier molecular flexibility index (Phi) is 3.19. The zero-order valence-electron chi connectivity index (χ0n) is 8.32. The molecule has 0 bridgehead atoms. The quantitative estimate of drug-likeness (QED) is 0.699. The third-order valence-electron chi connectivity index (χ3n) is 1.75. The highest BCUT2D eigenvalue weighted by Gasteiger charge is 2.06. The molecular weight excluding hydrogens is 208 g/mol. The lowest BCUT2D eigenvalue weighted by atomic mass is 10.1. The molecule has 0 saturated heterocycles. The second-order valence-electron chi connectivity index (χ2n) is 3.28. The molecule has 0 aliphatic heterocycles. The van der Waals surface area contributed by atoms with E-state index in [4.69, 9.17) is 12.8 Å². The third kappa shape index (κ3) is 3.50. The van der Waals surface area contributed by atoms with Crippen LogP contribution in [0.25, 0.3) is 0 Å². The van der Waals surface area contributed by atoms with E-state index in [1.807, 2.05) is 0 Å². The van der Waals surface area contributed by atoms with Crippen molar-refractivity contribution < 1.29 is 8.42 Å². The molecule has 0 saturated carbocycles. The van der Waals surface area contributed by atoms with Crippen LogP contribution in [-0.2, 0) is 15.6 Å². The first-order chi connectivity index (χ1) is 6.94. The second-order valence-corrected chi connectivity index (χ2v) is 5.42. The van der Waals surface area contributed by atoms with Gasteiger partial charge in [-0.1, -0.05) is 11.8 Å². The molecule has 0 heterocycles. The maximum Gasteiger partial charge on any atom is 0.151 e. The van der Waals surface area contributed by atoms with Crippen LogP contribution in [0.1, 0.15) is 16.7 Å². The Bertz CT molecular complexity index is 522. The number of hydrogen-bond acceptors (Lipinski definition) is 2. The molecule has 0 N–H and O–H groups in total. The van der Waals surface area contributed by atoms with Crippen molar-refractivity contribution in [2.45, 2.75) is 5.75 Å². The minimum atomic E-state index is -3.06. The van der Waals surface area contributed by atoms with E-state index in [1.54, 1.807) is 18.2 Å². The van der Waals surface area contributed by atoms with E-state index in [1.165, 1.54) is 6.26 Å². The van der Waals surface area contributed by atoms with Gasteiger partial charge in [-0.05, 0) is 23.8 Å². The summed E-state index contributed by atoms with van der Waals surface area (Å²) in [5.41, 5.74) is 1.83. The Hall–Kier alpha value is -1.71. The largest absolute Gasteiger partial charge is 0.229 e. The van der Waals surface area contributed by atoms with Crippen LogP contribution in [0.3, 0.4) is 0 Å². The Morgan fingerprint density at radius 1 is 1.13 bits per heavy atom. The lowest BCUT2D eigenvalue weighted by Crippen LogP contribution is -2.01. The van der Waals surface area contributed by atoms with Gasteiger partial charge >= 0.3 is 0 Å². The Labute approximate surface area is 90.2 Å². The SMILES string of the molecule is C#Cc1cc(C#C)cc(CS(C)(=O)=O)c1. The molecule has 0 atom stereocenters. The minimum absolute atomic E-state index is 0.0444. The van der Waals surface area contributed by atoms with Crippen molar-refractivity contribution in [3.63, 3.8) is 0 Å². The van der Waals surface area contributed by atoms with Gasteiger partial charge in [-0.15, -0.1) is 12.8 Å².